The molecule has 0 N–H and O–H groups in total. The molecule has 1 aromatic heterocycles. The Labute approximate surface area is 183 Å². The van der Waals surface area contributed by atoms with Gasteiger partial charge < -0.3 is 9.47 Å². The molecule has 4 rings (SSSR count). The van der Waals surface area contributed by atoms with Crippen LogP contribution in [0, 0.1) is 0 Å². The summed E-state index contributed by atoms with van der Waals surface area (Å²) >= 11 is 0. The molecule has 2 unspecified atom stereocenters. The van der Waals surface area contributed by atoms with Crippen LogP contribution in [0.2, 0.25) is 0 Å². The summed E-state index contributed by atoms with van der Waals surface area (Å²) in [6.45, 7) is 2.35. The van der Waals surface area contributed by atoms with Crippen molar-refractivity contribution in [1.82, 2.24) is 9.88 Å². The van der Waals surface area contributed by atoms with Crippen LogP contribution in [-0.4, -0.2) is 35.6 Å². The van der Waals surface area contributed by atoms with Crippen molar-refractivity contribution in [2.45, 2.75) is 38.1 Å². The third kappa shape index (κ3) is 5.37. The molecule has 2 aromatic carbocycles. The Hall–Kier alpha value is -3.02. The Morgan fingerprint density at radius 3 is 2.61 bits per heavy atom. The molecule has 0 amide bonds. The van der Waals surface area contributed by atoms with E-state index in [9.17, 15) is 4.79 Å². The minimum absolute atomic E-state index is 0.0692. The molecule has 1 aliphatic heterocycles. The van der Waals surface area contributed by atoms with Crippen LogP contribution in [-0.2, 0) is 22.6 Å². The normalized spacial score (nSPS) is 19.1. The third-order valence-corrected chi connectivity index (χ3v) is 5.77. The topological polar surface area (TPSA) is 51.7 Å². The highest BCUT2D eigenvalue weighted by molar-refractivity contribution is 5.89. The van der Waals surface area contributed by atoms with E-state index in [4.69, 9.17) is 9.47 Å². The maximum atomic E-state index is 11.9. The highest BCUT2D eigenvalue weighted by Crippen LogP contribution is 2.35. The lowest BCUT2D eigenvalue weighted by Gasteiger charge is -2.41. The van der Waals surface area contributed by atoms with Gasteiger partial charge in [-0.05, 0) is 60.3 Å². The van der Waals surface area contributed by atoms with Crippen molar-refractivity contribution >= 4 is 5.97 Å². The van der Waals surface area contributed by atoms with E-state index in [1.807, 2.05) is 36.7 Å². The quantitative estimate of drug-likeness (QED) is 0.518. The van der Waals surface area contributed by atoms with Crippen LogP contribution in [0.15, 0.2) is 79.1 Å². The van der Waals surface area contributed by atoms with Crippen molar-refractivity contribution in [3.63, 3.8) is 0 Å². The Bertz CT molecular complexity index is 978. The van der Waals surface area contributed by atoms with Gasteiger partial charge >= 0.3 is 5.97 Å². The number of pyridine rings is 1. The summed E-state index contributed by atoms with van der Waals surface area (Å²) < 4.78 is 11.3. The number of piperidine rings is 1. The van der Waals surface area contributed by atoms with Gasteiger partial charge in [-0.1, -0.05) is 42.5 Å². The van der Waals surface area contributed by atoms with Gasteiger partial charge in [0.25, 0.3) is 0 Å². The van der Waals surface area contributed by atoms with E-state index >= 15 is 0 Å². The molecule has 0 aliphatic carbocycles. The van der Waals surface area contributed by atoms with E-state index in [1.54, 1.807) is 6.07 Å². The van der Waals surface area contributed by atoms with Gasteiger partial charge in [-0.15, -0.1) is 0 Å². The summed E-state index contributed by atoms with van der Waals surface area (Å²) in [5.41, 5.74) is 4.04. The molecule has 0 bridgehead atoms. The molecule has 1 fully saturated rings. The molecule has 31 heavy (non-hydrogen) atoms. The van der Waals surface area contributed by atoms with Crippen LogP contribution < -0.4 is 0 Å². The standard InChI is InChI=1S/C26H28N2O3/c1-30-26(29)23-10-5-7-21(17-23)19-31-24-11-6-16-28(18-20-12-14-27-15-13-20)25(24)22-8-3-2-4-9-22/h2-5,7-10,12-15,17,24-25H,6,11,16,18-19H2,1H3. The Morgan fingerprint density at radius 2 is 1.84 bits per heavy atom. The van der Waals surface area contributed by atoms with E-state index in [0.29, 0.717) is 12.2 Å². The highest BCUT2D eigenvalue weighted by atomic mass is 16.5. The monoisotopic (exact) mass is 416 g/mol. The zero-order valence-electron chi connectivity index (χ0n) is 17.8. The van der Waals surface area contributed by atoms with Gasteiger partial charge in [0.1, 0.15) is 0 Å². The third-order valence-electron chi connectivity index (χ3n) is 5.77. The Morgan fingerprint density at radius 1 is 1.03 bits per heavy atom. The minimum atomic E-state index is -0.329. The summed E-state index contributed by atoms with van der Waals surface area (Å²) in [6, 6.07) is 22.4. The minimum Gasteiger partial charge on any atom is -0.465 e. The average molecular weight is 417 g/mol. The number of ether oxygens (including phenoxy) is 2. The number of nitrogens with zero attached hydrogens (tertiary/aromatic N) is 2. The summed E-state index contributed by atoms with van der Waals surface area (Å²) in [6.07, 6.45) is 5.85. The van der Waals surface area contributed by atoms with Gasteiger partial charge in [0.15, 0.2) is 0 Å². The molecule has 5 heteroatoms. The van der Waals surface area contributed by atoms with Gasteiger partial charge in [-0.25, -0.2) is 4.79 Å². The zero-order chi connectivity index (χ0) is 21.5. The lowest BCUT2D eigenvalue weighted by Crippen LogP contribution is -2.42. The van der Waals surface area contributed by atoms with Crippen LogP contribution in [0.5, 0.6) is 0 Å². The smallest absolute Gasteiger partial charge is 0.337 e. The number of methoxy groups -OCH3 is 1. The highest BCUT2D eigenvalue weighted by Gasteiger charge is 2.33. The fraction of sp³-hybridized carbons (Fsp3) is 0.308. The summed E-state index contributed by atoms with van der Waals surface area (Å²) in [5.74, 6) is -0.329. The second kappa shape index (κ2) is 10.3. The molecule has 160 valence electrons. The lowest BCUT2D eigenvalue weighted by atomic mass is 9.91. The first kappa shape index (κ1) is 21.2. The molecular weight excluding hydrogens is 388 g/mol. The van der Waals surface area contributed by atoms with Crippen LogP contribution in [0.1, 0.15) is 45.9 Å². The Balaban J connectivity index is 1.53. The fourth-order valence-corrected chi connectivity index (χ4v) is 4.29. The molecule has 2 atom stereocenters. The number of hydrogen-bond donors (Lipinski definition) is 0. The molecule has 3 aromatic rings. The van der Waals surface area contributed by atoms with Crippen LogP contribution in [0.3, 0.4) is 0 Å². The molecule has 0 saturated carbocycles. The van der Waals surface area contributed by atoms with E-state index in [1.165, 1.54) is 18.2 Å². The number of carbonyl (C=O) groups excluding carboxylic acids is 1. The van der Waals surface area contributed by atoms with Gasteiger partial charge in [-0.2, -0.15) is 0 Å². The van der Waals surface area contributed by atoms with Crippen LogP contribution >= 0.6 is 0 Å². The summed E-state index contributed by atoms with van der Waals surface area (Å²) in [7, 11) is 1.40. The number of aromatic nitrogens is 1. The molecule has 1 aliphatic rings. The molecule has 2 heterocycles. The molecule has 0 spiro atoms. The number of carbonyl (C=O) groups is 1. The van der Waals surface area contributed by atoms with Crippen LogP contribution in [0.4, 0.5) is 0 Å². The zero-order valence-corrected chi connectivity index (χ0v) is 17.8. The van der Waals surface area contributed by atoms with Crippen molar-refractivity contribution in [3.8, 4) is 0 Å². The average Bonchev–Trinajstić information content (AvgIpc) is 2.83. The van der Waals surface area contributed by atoms with Crippen LogP contribution in [0.25, 0.3) is 0 Å². The molecule has 0 radical (unpaired) electrons. The maximum absolute atomic E-state index is 11.9. The van der Waals surface area contributed by atoms with Crippen molar-refractivity contribution in [2.24, 2.45) is 0 Å². The Kier molecular flexibility index (Phi) is 7.07. The molecule has 5 nitrogen and oxygen atoms in total. The first-order valence-corrected chi connectivity index (χ1v) is 10.7. The number of likely N-dealkylation sites (tertiary alicyclic amines) is 1. The predicted molar refractivity (Wildman–Crippen MR) is 119 cm³/mol. The SMILES string of the molecule is COC(=O)c1cccc(COC2CCCN(Cc3ccncc3)C2c2ccccc2)c1. The largest absolute Gasteiger partial charge is 0.465 e. The number of benzene rings is 2. The van der Waals surface area contributed by atoms with E-state index < -0.39 is 0 Å². The lowest BCUT2D eigenvalue weighted by molar-refractivity contribution is -0.0553. The van der Waals surface area contributed by atoms with Crippen molar-refractivity contribution in [1.29, 1.82) is 0 Å². The maximum Gasteiger partial charge on any atom is 0.337 e. The predicted octanol–water partition coefficient (Wildman–Crippen LogP) is 4.79. The fourth-order valence-electron chi connectivity index (χ4n) is 4.29. The number of esters is 1. The number of hydrogen-bond acceptors (Lipinski definition) is 5. The van der Waals surface area contributed by atoms with Crippen molar-refractivity contribution in [3.05, 3.63) is 101 Å². The summed E-state index contributed by atoms with van der Waals surface area (Å²) in [5, 5.41) is 0. The number of rotatable bonds is 7. The van der Waals surface area contributed by atoms with Gasteiger partial charge in [0.2, 0.25) is 0 Å². The first-order valence-electron chi connectivity index (χ1n) is 10.7. The van der Waals surface area contributed by atoms with E-state index in [0.717, 1.165) is 31.5 Å². The van der Waals surface area contributed by atoms with Crippen molar-refractivity contribution in [2.75, 3.05) is 13.7 Å². The van der Waals surface area contributed by atoms with E-state index in [2.05, 4.69) is 46.3 Å². The second-order valence-electron chi connectivity index (χ2n) is 7.87. The van der Waals surface area contributed by atoms with E-state index in [-0.39, 0.29) is 18.1 Å². The van der Waals surface area contributed by atoms with Gasteiger partial charge in [-0.3, -0.25) is 9.88 Å². The van der Waals surface area contributed by atoms with Gasteiger partial charge in [0, 0.05) is 18.9 Å². The second-order valence-corrected chi connectivity index (χ2v) is 7.87. The summed E-state index contributed by atoms with van der Waals surface area (Å²) in [4.78, 5) is 18.5. The molecular formula is C26H28N2O3. The van der Waals surface area contributed by atoms with Crippen molar-refractivity contribution < 1.29 is 14.3 Å². The van der Waals surface area contributed by atoms with Gasteiger partial charge in [0.05, 0.1) is 31.4 Å². The first-order chi connectivity index (χ1) is 15.2. The molecule has 1 saturated heterocycles.